The predicted octanol–water partition coefficient (Wildman–Crippen LogP) is 1.13. The average Bonchev–Trinajstić information content (AvgIpc) is 2.65. The van der Waals surface area contributed by atoms with Crippen LogP contribution in [0.15, 0.2) is 0 Å². The topological polar surface area (TPSA) is 23.6 Å². The zero-order valence-electron chi connectivity index (χ0n) is 9.91. The number of carbonyl (C=O) groups is 1. The van der Waals surface area contributed by atoms with E-state index in [0.29, 0.717) is 11.8 Å². The van der Waals surface area contributed by atoms with Crippen LogP contribution in [0, 0.1) is 0 Å². The van der Waals surface area contributed by atoms with Crippen molar-refractivity contribution in [1.29, 1.82) is 0 Å². The molecule has 0 spiro atoms. The molecule has 0 radical (unpaired) electrons. The van der Waals surface area contributed by atoms with Crippen LogP contribution in [-0.2, 0) is 4.79 Å². The summed E-state index contributed by atoms with van der Waals surface area (Å²) in [6, 6.07) is 0.867. The van der Waals surface area contributed by atoms with Crippen molar-refractivity contribution in [2.45, 2.75) is 44.2 Å². The molecule has 86 valence electrons. The summed E-state index contributed by atoms with van der Waals surface area (Å²) in [5.74, 6) is 0.469. The fourth-order valence-corrected chi connectivity index (χ4v) is 2.88. The van der Waals surface area contributed by atoms with Crippen LogP contribution in [0.1, 0.15) is 32.1 Å². The van der Waals surface area contributed by atoms with Gasteiger partial charge in [-0.1, -0.05) is 0 Å². The summed E-state index contributed by atoms with van der Waals surface area (Å²) in [6.07, 6.45) is 5.43. The lowest BCUT2D eigenvalue weighted by Crippen LogP contribution is -2.47. The summed E-state index contributed by atoms with van der Waals surface area (Å²) in [4.78, 5) is 16.4. The molecule has 1 atom stereocenters. The van der Waals surface area contributed by atoms with Gasteiger partial charge in [0.15, 0.2) is 0 Å². The number of piperidine rings is 1. The average molecular weight is 210 g/mol. The molecule has 0 aromatic heterocycles. The molecule has 3 heteroatoms. The van der Waals surface area contributed by atoms with Gasteiger partial charge in [0, 0.05) is 12.5 Å². The van der Waals surface area contributed by atoms with Crippen molar-refractivity contribution in [1.82, 2.24) is 9.80 Å². The number of hydrogen-bond acceptors (Lipinski definition) is 3. The summed E-state index contributed by atoms with van der Waals surface area (Å²) in [5.41, 5.74) is 0. The highest BCUT2D eigenvalue weighted by Crippen LogP contribution is 2.24. The minimum atomic E-state index is 0.235. The highest BCUT2D eigenvalue weighted by Gasteiger charge is 2.32. The highest BCUT2D eigenvalue weighted by molar-refractivity contribution is 5.85. The molecule has 0 aromatic carbocycles. The van der Waals surface area contributed by atoms with E-state index in [1.54, 1.807) is 0 Å². The molecule has 0 aromatic rings. The van der Waals surface area contributed by atoms with E-state index in [2.05, 4.69) is 23.9 Å². The van der Waals surface area contributed by atoms with Crippen LogP contribution in [0.4, 0.5) is 0 Å². The lowest BCUT2D eigenvalue weighted by molar-refractivity contribution is -0.122. The first-order valence-electron chi connectivity index (χ1n) is 6.11. The molecule has 1 aliphatic heterocycles. The molecule has 1 heterocycles. The Bertz CT molecular complexity index is 234. The van der Waals surface area contributed by atoms with Gasteiger partial charge in [-0.3, -0.25) is 9.69 Å². The fourth-order valence-electron chi connectivity index (χ4n) is 2.88. The van der Waals surface area contributed by atoms with Crippen LogP contribution < -0.4 is 0 Å². The molecule has 0 N–H and O–H groups in total. The lowest BCUT2D eigenvalue weighted by atomic mass is 10.0. The Kier molecular flexibility index (Phi) is 3.42. The Morgan fingerprint density at radius 3 is 2.47 bits per heavy atom. The van der Waals surface area contributed by atoms with Crippen molar-refractivity contribution < 1.29 is 4.79 Å². The lowest BCUT2D eigenvalue weighted by Gasteiger charge is -2.37. The van der Waals surface area contributed by atoms with Gasteiger partial charge >= 0.3 is 0 Å². The molecule has 1 aliphatic carbocycles. The van der Waals surface area contributed by atoms with Crippen molar-refractivity contribution in [3.8, 4) is 0 Å². The number of ketones is 1. The van der Waals surface area contributed by atoms with Crippen molar-refractivity contribution in [3.05, 3.63) is 0 Å². The van der Waals surface area contributed by atoms with Crippen LogP contribution in [0.3, 0.4) is 0 Å². The molecular weight excluding hydrogens is 188 g/mol. The molecule has 15 heavy (non-hydrogen) atoms. The minimum absolute atomic E-state index is 0.235. The monoisotopic (exact) mass is 210 g/mol. The number of nitrogens with zero attached hydrogens (tertiary/aromatic N) is 2. The van der Waals surface area contributed by atoms with Gasteiger partial charge in [0.25, 0.3) is 0 Å². The van der Waals surface area contributed by atoms with Gasteiger partial charge in [0.2, 0.25) is 0 Å². The maximum Gasteiger partial charge on any atom is 0.149 e. The van der Waals surface area contributed by atoms with Crippen molar-refractivity contribution in [2.75, 3.05) is 27.2 Å². The first kappa shape index (κ1) is 11.1. The number of Topliss-reactive ketones (excluding diaryl/α,β-unsaturated/α-hetero) is 1. The quantitative estimate of drug-likeness (QED) is 0.683. The fraction of sp³-hybridized carbons (Fsp3) is 0.917. The van der Waals surface area contributed by atoms with Gasteiger partial charge in [0.05, 0.1) is 6.04 Å². The molecule has 1 saturated carbocycles. The van der Waals surface area contributed by atoms with Crippen molar-refractivity contribution in [3.63, 3.8) is 0 Å². The standard InChI is InChI=1S/C12H22N2O/c1-13-8-6-10(7-9-13)14(2)11-4-3-5-12(11)15/h10-11H,3-9H2,1-2H3. The second kappa shape index (κ2) is 4.62. The van der Waals surface area contributed by atoms with Crippen LogP contribution in [0.2, 0.25) is 0 Å². The van der Waals surface area contributed by atoms with E-state index < -0.39 is 0 Å². The normalized spacial score (nSPS) is 30.3. The molecule has 1 unspecified atom stereocenters. The third-order valence-corrected chi connectivity index (χ3v) is 4.03. The first-order valence-corrected chi connectivity index (χ1v) is 6.11. The highest BCUT2D eigenvalue weighted by atomic mass is 16.1. The maximum absolute atomic E-state index is 11.7. The van der Waals surface area contributed by atoms with Crippen molar-refractivity contribution >= 4 is 5.78 Å². The zero-order chi connectivity index (χ0) is 10.8. The van der Waals surface area contributed by atoms with Gasteiger partial charge in [-0.05, 0) is 52.9 Å². The van der Waals surface area contributed by atoms with E-state index in [1.807, 2.05) is 0 Å². The minimum Gasteiger partial charge on any atom is -0.306 e. The Labute approximate surface area is 92.4 Å². The Balaban J connectivity index is 1.90. The number of likely N-dealkylation sites (N-methyl/N-ethyl adjacent to an activating group) is 1. The number of hydrogen-bond donors (Lipinski definition) is 0. The van der Waals surface area contributed by atoms with E-state index in [0.717, 1.165) is 19.3 Å². The van der Waals surface area contributed by atoms with Crippen LogP contribution in [0.25, 0.3) is 0 Å². The Morgan fingerprint density at radius 2 is 1.93 bits per heavy atom. The summed E-state index contributed by atoms with van der Waals surface area (Å²) < 4.78 is 0. The molecule has 0 bridgehead atoms. The molecule has 2 aliphatic rings. The molecule has 0 amide bonds. The van der Waals surface area contributed by atoms with Crippen LogP contribution in [0.5, 0.6) is 0 Å². The first-order chi connectivity index (χ1) is 7.18. The van der Waals surface area contributed by atoms with Crippen LogP contribution in [-0.4, -0.2) is 54.9 Å². The predicted molar refractivity (Wildman–Crippen MR) is 60.9 cm³/mol. The molecule has 2 fully saturated rings. The summed E-state index contributed by atoms with van der Waals surface area (Å²) in [5, 5.41) is 0. The number of rotatable bonds is 2. The summed E-state index contributed by atoms with van der Waals surface area (Å²) >= 11 is 0. The molecule has 2 rings (SSSR count). The van der Waals surface area contributed by atoms with E-state index in [4.69, 9.17) is 0 Å². The summed E-state index contributed by atoms with van der Waals surface area (Å²) in [7, 11) is 4.32. The van der Waals surface area contributed by atoms with Crippen LogP contribution >= 0.6 is 0 Å². The van der Waals surface area contributed by atoms with Gasteiger partial charge in [-0.25, -0.2) is 0 Å². The SMILES string of the molecule is CN1CCC(N(C)C2CCCC2=O)CC1. The number of carbonyl (C=O) groups excluding carboxylic acids is 1. The van der Waals surface area contributed by atoms with Gasteiger partial charge < -0.3 is 4.90 Å². The van der Waals surface area contributed by atoms with E-state index in [-0.39, 0.29) is 6.04 Å². The van der Waals surface area contributed by atoms with Gasteiger partial charge in [0.1, 0.15) is 5.78 Å². The number of likely N-dealkylation sites (tertiary alicyclic amines) is 1. The van der Waals surface area contributed by atoms with E-state index in [1.165, 1.54) is 25.9 Å². The van der Waals surface area contributed by atoms with Gasteiger partial charge in [-0.15, -0.1) is 0 Å². The van der Waals surface area contributed by atoms with E-state index in [9.17, 15) is 4.79 Å². The third kappa shape index (κ3) is 2.40. The summed E-state index contributed by atoms with van der Waals surface area (Å²) in [6.45, 7) is 2.35. The second-order valence-corrected chi connectivity index (χ2v) is 5.07. The molecular formula is C12H22N2O. The Hall–Kier alpha value is -0.410. The van der Waals surface area contributed by atoms with E-state index >= 15 is 0 Å². The molecule has 1 saturated heterocycles. The third-order valence-electron chi connectivity index (χ3n) is 4.03. The largest absolute Gasteiger partial charge is 0.306 e. The smallest absolute Gasteiger partial charge is 0.149 e. The maximum atomic E-state index is 11.7. The zero-order valence-corrected chi connectivity index (χ0v) is 9.91. The second-order valence-electron chi connectivity index (χ2n) is 5.07. The Morgan fingerprint density at radius 1 is 1.27 bits per heavy atom. The van der Waals surface area contributed by atoms with Crippen molar-refractivity contribution in [2.24, 2.45) is 0 Å². The molecule has 3 nitrogen and oxygen atoms in total. The van der Waals surface area contributed by atoms with Gasteiger partial charge in [-0.2, -0.15) is 0 Å².